The maximum Gasteiger partial charge on any atom is 0.255 e. The molecule has 3 amide bonds. The Balaban J connectivity index is 1.75. The third-order valence-electron chi connectivity index (χ3n) is 4.83. The first kappa shape index (κ1) is 17.6. The van der Waals surface area contributed by atoms with Crippen LogP contribution in [0.1, 0.15) is 41.3 Å². The molecule has 0 spiro atoms. The minimum absolute atomic E-state index is 0.130. The Morgan fingerprint density at radius 1 is 1.32 bits per heavy atom. The molecule has 0 aromatic heterocycles. The number of carbonyl (C=O) groups excluding carboxylic acids is 3. The summed E-state index contributed by atoms with van der Waals surface area (Å²) in [5, 5.41) is 8.89. The zero-order chi connectivity index (χ0) is 18.0. The second-order valence-electron chi connectivity index (χ2n) is 6.68. The van der Waals surface area contributed by atoms with Gasteiger partial charge in [-0.05, 0) is 37.6 Å². The van der Waals surface area contributed by atoms with Crippen LogP contribution in [0.3, 0.4) is 0 Å². The molecule has 3 N–H and O–H groups in total. The largest absolute Gasteiger partial charge is 0.322 e. The molecule has 2 aliphatic rings. The molecule has 3 rings (SSSR count). The molecule has 1 aromatic rings. The summed E-state index contributed by atoms with van der Waals surface area (Å²) in [6, 6.07) is 5.44. The van der Waals surface area contributed by atoms with E-state index in [1.807, 2.05) is 25.2 Å². The predicted octanol–water partition coefficient (Wildman–Crippen LogP) is 0.145. The minimum atomic E-state index is -0.568. The van der Waals surface area contributed by atoms with Crippen LogP contribution in [0.5, 0.6) is 0 Å². The van der Waals surface area contributed by atoms with Gasteiger partial charge in [0, 0.05) is 37.7 Å². The molecule has 2 atom stereocenters. The van der Waals surface area contributed by atoms with E-state index in [2.05, 4.69) is 22.9 Å². The highest BCUT2D eigenvalue weighted by Crippen LogP contribution is 2.29. The van der Waals surface area contributed by atoms with Gasteiger partial charge in [0.2, 0.25) is 11.8 Å². The quantitative estimate of drug-likeness (QED) is 0.639. The first-order valence-electron chi connectivity index (χ1n) is 8.64. The number of benzene rings is 1. The van der Waals surface area contributed by atoms with Gasteiger partial charge in [-0.1, -0.05) is 12.1 Å². The van der Waals surface area contributed by atoms with E-state index in [0.717, 1.165) is 17.7 Å². The summed E-state index contributed by atoms with van der Waals surface area (Å²) < 4.78 is 0. The molecule has 134 valence electrons. The van der Waals surface area contributed by atoms with Crippen LogP contribution in [0.25, 0.3) is 0 Å². The molecule has 2 heterocycles. The summed E-state index contributed by atoms with van der Waals surface area (Å²) in [7, 11) is 1.91. The molecule has 0 aliphatic carbocycles. The third kappa shape index (κ3) is 3.57. The van der Waals surface area contributed by atoms with Crippen molar-refractivity contribution in [3.63, 3.8) is 0 Å². The molecule has 1 saturated heterocycles. The second-order valence-corrected chi connectivity index (χ2v) is 6.68. The number of carbonyl (C=O) groups is 3. The first-order chi connectivity index (χ1) is 12.0. The Hall–Kier alpha value is -2.25. The lowest BCUT2D eigenvalue weighted by atomic mass is 10.0. The molecule has 0 radical (unpaired) electrons. The number of piperidine rings is 1. The lowest BCUT2D eigenvalue weighted by Crippen LogP contribution is -2.52. The number of hydrogen-bond acceptors (Lipinski definition) is 5. The fraction of sp³-hybridized carbons (Fsp3) is 0.500. The molecule has 1 fully saturated rings. The Morgan fingerprint density at radius 2 is 2.12 bits per heavy atom. The number of likely N-dealkylation sites (N-methyl/N-ethyl adjacent to an activating group) is 1. The van der Waals surface area contributed by atoms with Crippen molar-refractivity contribution in [3.05, 3.63) is 34.9 Å². The summed E-state index contributed by atoms with van der Waals surface area (Å²) in [5.41, 5.74) is 2.70. The molecule has 7 nitrogen and oxygen atoms in total. The lowest BCUT2D eigenvalue weighted by Gasteiger charge is -2.29. The van der Waals surface area contributed by atoms with E-state index >= 15 is 0 Å². The average molecular weight is 344 g/mol. The zero-order valence-corrected chi connectivity index (χ0v) is 14.6. The van der Waals surface area contributed by atoms with Gasteiger partial charge in [0.25, 0.3) is 5.91 Å². The van der Waals surface area contributed by atoms with E-state index in [-0.39, 0.29) is 24.1 Å². The van der Waals surface area contributed by atoms with Crippen molar-refractivity contribution in [1.82, 2.24) is 20.9 Å². The normalized spacial score (nSPS) is 21.3. The summed E-state index contributed by atoms with van der Waals surface area (Å²) >= 11 is 0. The number of rotatable bonds is 6. The van der Waals surface area contributed by atoms with Crippen LogP contribution < -0.4 is 16.0 Å². The average Bonchev–Trinajstić information content (AvgIpc) is 2.91. The van der Waals surface area contributed by atoms with E-state index in [9.17, 15) is 14.4 Å². The zero-order valence-electron chi connectivity index (χ0n) is 14.6. The second kappa shape index (κ2) is 7.33. The van der Waals surface area contributed by atoms with Gasteiger partial charge in [-0.3, -0.25) is 19.7 Å². The predicted molar refractivity (Wildman–Crippen MR) is 92.7 cm³/mol. The first-order valence-corrected chi connectivity index (χ1v) is 8.64. The van der Waals surface area contributed by atoms with E-state index in [1.165, 1.54) is 0 Å². The molecule has 2 unspecified atom stereocenters. The SMILES string of the molecule is CNCC(C)NCc1cccc2c1CN(C1CCC(=O)NC1=O)C2=O. The van der Waals surface area contributed by atoms with E-state index in [0.29, 0.717) is 31.1 Å². The van der Waals surface area contributed by atoms with Crippen molar-refractivity contribution in [2.24, 2.45) is 0 Å². The topological polar surface area (TPSA) is 90.5 Å². The van der Waals surface area contributed by atoms with Gasteiger partial charge in [-0.2, -0.15) is 0 Å². The van der Waals surface area contributed by atoms with Crippen LogP contribution in [0.2, 0.25) is 0 Å². The van der Waals surface area contributed by atoms with Crippen LogP contribution in [-0.4, -0.2) is 48.3 Å². The Kier molecular flexibility index (Phi) is 5.15. The van der Waals surface area contributed by atoms with E-state index in [4.69, 9.17) is 0 Å². The highest BCUT2D eigenvalue weighted by molar-refractivity contribution is 6.05. The van der Waals surface area contributed by atoms with Crippen LogP contribution in [0.4, 0.5) is 0 Å². The highest BCUT2D eigenvalue weighted by Gasteiger charge is 2.39. The Morgan fingerprint density at radius 3 is 2.84 bits per heavy atom. The lowest BCUT2D eigenvalue weighted by molar-refractivity contribution is -0.136. The van der Waals surface area contributed by atoms with Crippen molar-refractivity contribution in [2.75, 3.05) is 13.6 Å². The smallest absolute Gasteiger partial charge is 0.255 e. The van der Waals surface area contributed by atoms with Gasteiger partial charge in [0.15, 0.2) is 0 Å². The molecule has 0 saturated carbocycles. The van der Waals surface area contributed by atoms with Gasteiger partial charge in [-0.15, -0.1) is 0 Å². The summed E-state index contributed by atoms with van der Waals surface area (Å²) in [6.45, 7) is 4.04. The molecule has 1 aromatic carbocycles. The van der Waals surface area contributed by atoms with Gasteiger partial charge in [-0.25, -0.2) is 0 Å². The molecular weight excluding hydrogens is 320 g/mol. The standard InChI is InChI=1S/C18H24N4O3/c1-11(8-19-2)20-9-12-4-3-5-13-14(12)10-22(18(13)25)15-6-7-16(23)21-17(15)24/h3-5,11,15,19-20H,6-10H2,1-2H3,(H,21,23,24). The third-order valence-corrected chi connectivity index (χ3v) is 4.83. The van der Waals surface area contributed by atoms with Crippen LogP contribution in [0.15, 0.2) is 18.2 Å². The van der Waals surface area contributed by atoms with Crippen LogP contribution >= 0.6 is 0 Å². The maximum atomic E-state index is 12.7. The van der Waals surface area contributed by atoms with Crippen LogP contribution in [-0.2, 0) is 22.7 Å². The Labute approximate surface area is 147 Å². The molecular formula is C18H24N4O3. The number of imide groups is 1. The van der Waals surface area contributed by atoms with Crippen molar-refractivity contribution in [3.8, 4) is 0 Å². The fourth-order valence-corrected chi connectivity index (χ4v) is 3.48. The van der Waals surface area contributed by atoms with Gasteiger partial charge >= 0.3 is 0 Å². The highest BCUT2D eigenvalue weighted by atomic mass is 16.2. The van der Waals surface area contributed by atoms with E-state index in [1.54, 1.807) is 4.90 Å². The summed E-state index contributed by atoms with van der Waals surface area (Å²) in [6.07, 6.45) is 0.656. The number of nitrogens with one attached hydrogen (secondary N) is 3. The van der Waals surface area contributed by atoms with Gasteiger partial charge in [0.1, 0.15) is 6.04 Å². The molecule has 7 heteroatoms. The monoisotopic (exact) mass is 344 g/mol. The van der Waals surface area contributed by atoms with E-state index < -0.39 is 6.04 Å². The number of hydrogen-bond donors (Lipinski definition) is 3. The maximum absolute atomic E-state index is 12.7. The number of amides is 3. The van der Waals surface area contributed by atoms with Crippen molar-refractivity contribution >= 4 is 17.7 Å². The number of nitrogens with zero attached hydrogens (tertiary/aromatic N) is 1. The molecule has 2 aliphatic heterocycles. The molecule has 25 heavy (non-hydrogen) atoms. The minimum Gasteiger partial charge on any atom is -0.322 e. The van der Waals surface area contributed by atoms with Crippen molar-refractivity contribution < 1.29 is 14.4 Å². The van der Waals surface area contributed by atoms with Crippen molar-refractivity contribution in [1.29, 1.82) is 0 Å². The molecule has 0 bridgehead atoms. The number of fused-ring (bicyclic) bond motifs is 1. The Bertz CT molecular complexity index is 704. The van der Waals surface area contributed by atoms with Crippen molar-refractivity contribution in [2.45, 2.75) is 44.9 Å². The van der Waals surface area contributed by atoms with Crippen LogP contribution in [0, 0.1) is 0 Å². The fourth-order valence-electron chi connectivity index (χ4n) is 3.48. The van der Waals surface area contributed by atoms with Gasteiger partial charge < -0.3 is 15.5 Å². The summed E-state index contributed by atoms with van der Waals surface area (Å²) in [4.78, 5) is 37.8. The summed E-state index contributed by atoms with van der Waals surface area (Å²) in [5.74, 6) is -0.775. The van der Waals surface area contributed by atoms with Gasteiger partial charge in [0.05, 0.1) is 0 Å².